The minimum atomic E-state index is -0.0770. The van der Waals surface area contributed by atoms with E-state index in [4.69, 9.17) is 10.5 Å². The second-order valence-electron chi connectivity index (χ2n) is 5.04. The maximum absolute atomic E-state index is 12.3. The summed E-state index contributed by atoms with van der Waals surface area (Å²) in [5, 5.41) is 3.02. The smallest absolute Gasteiger partial charge is 0.251 e. The van der Waals surface area contributed by atoms with E-state index in [1.54, 1.807) is 6.07 Å². The summed E-state index contributed by atoms with van der Waals surface area (Å²) in [6, 6.07) is 5.69. The third kappa shape index (κ3) is 3.60. The first-order chi connectivity index (χ1) is 9.60. The first-order valence-electron chi connectivity index (χ1n) is 6.83. The molecule has 1 amide bonds. The second kappa shape index (κ2) is 6.56. The van der Waals surface area contributed by atoms with Crippen molar-refractivity contribution in [2.75, 3.05) is 13.2 Å². The van der Waals surface area contributed by atoms with E-state index in [0.29, 0.717) is 18.7 Å². The quantitative estimate of drug-likeness (QED) is 0.795. The summed E-state index contributed by atoms with van der Waals surface area (Å²) < 4.78 is 5.45. The van der Waals surface area contributed by atoms with Crippen molar-refractivity contribution in [3.8, 4) is 11.8 Å². The van der Waals surface area contributed by atoms with Crippen LogP contribution in [0.3, 0.4) is 0 Å². The van der Waals surface area contributed by atoms with Gasteiger partial charge < -0.3 is 15.8 Å². The van der Waals surface area contributed by atoms with Gasteiger partial charge >= 0.3 is 0 Å². The van der Waals surface area contributed by atoms with Gasteiger partial charge in [-0.1, -0.05) is 11.8 Å². The number of aryl methyl sites for hydroxylation is 1. The molecule has 1 fully saturated rings. The van der Waals surface area contributed by atoms with Crippen LogP contribution in [0.5, 0.6) is 0 Å². The van der Waals surface area contributed by atoms with E-state index in [0.717, 1.165) is 17.5 Å². The first-order valence-corrected chi connectivity index (χ1v) is 6.83. The molecule has 3 N–H and O–H groups in total. The standard InChI is InChI=1S/C16H20N2O2/c1-11-8-13(4-3-6-17)10-14(9-11)16(19)18-15-5-7-20-12(15)2/h8-10,12,15H,5-7,17H2,1-2H3,(H,18,19). The van der Waals surface area contributed by atoms with Crippen LogP contribution in [0, 0.1) is 18.8 Å². The molecule has 1 aromatic rings. The van der Waals surface area contributed by atoms with Gasteiger partial charge in [0.05, 0.1) is 18.7 Å². The van der Waals surface area contributed by atoms with Crippen molar-refractivity contribution in [3.63, 3.8) is 0 Å². The largest absolute Gasteiger partial charge is 0.376 e. The number of carbonyl (C=O) groups excluding carboxylic acids is 1. The molecule has 4 nitrogen and oxygen atoms in total. The number of rotatable bonds is 2. The lowest BCUT2D eigenvalue weighted by atomic mass is 10.0. The molecular formula is C16H20N2O2. The molecule has 0 saturated carbocycles. The van der Waals surface area contributed by atoms with Crippen molar-refractivity contribution < 1.29 is 9.53 Å². The molecule has 1 heterocycles. The number of nitrogens with one attached hydrogen (secondary N) is 1. The highest BCUT2D eigenvalue weighted by Gasteiger charge is 2.26. The zero-order valence-corrected chi connectivity index (χ0v) is 11.9. The molecule has 4 heteroatoms. The average Bonchev–Trinajstić information content (AvgIpc) is 2.81. The Morgan fingerprint density at radius 2 is 2.30 bits per heavy atom. The molecule has 106 valence electrons. The zero-order valence-electron chi connectivity index (χ0n) is 11.9. The summed E-state index contributed by atoms with van der Waals surface area (Å²) in [4.78, 5) is 12.3. The number of ether oxygens (including phenoxy) is 1. The molecule has 1 aliphatic rings. The summed E-state index contributed by atoms with van der Waals surface area (Å²) in [7, 11) is 0. The molecule has 1 aliphatic heterocycles. The topological polar surface area (TPSA) is 64.4 Å². The highest BCUT2D eigenvalue weighted by Crippen LogP contribution is 2.14. The van der Waals surface area contributed by atoms with Gasteiger partial charge in [0.15, 0.2) is 0 Å². The summed E-state index contributed by atoms with van der Waals surface area (Å²) >= 11 is 0. The fourth-order valence-corrected chi connectivity index (χ4v) is 2.31. The van der Waals surface area contributed by atoms with E-state index in [1.807, 2.05) is 26.0 Å². The van der Waals surface area contributed by atoms with Crippen LogP contribution in [-0.4, -0.2) is 31.2 Å². The lowest BCUT2D eigenvalue weighted by molar-refractivity contribution is 0.0866. The van der Waals surface area contributed by atoms with Crippen molar-refractivity contribution in [1.82, 2.24) is 5.32 Å². The van der Waals surface area contributed by atoms with E-state index in [1.165, 1.54) is 0 Å². The van der Waals surface area contributed by atoms with Gasteiger partial charge in [-0.3, -0.25) is 4.79 Å². The normalized spacial score (nSPS) is 21.1. The summed E-state index contributed by atoms with van der Waals surface area (Å²) in [6.45, 7) is 4.94. The molecule has 2 atom stereocenters. The Hall–Kier alpha value is -1.83. The highest BCUT2D eigenvalue weighted by molar-refractivity contribution is 5.95. The third-order valence-electron chi connectivity index (χ3n) is 3.37. The van der Waals surface area contributed by atoms with Crippen molar-refractivity contribution >= 4 is 5.91 Å². The molecule has 20 heavy (non-hydrogen) atoms. The monoisotopic (exact) mass is 272 g/mol. The van der Waals surface area contributed by atoms with E-state index in [2.05, 4.69) is 17.2 Å². The van der Waals surface area contributed by atoms with Crippen LogP contribution in [0.1, 0.15) is 34.8 Å². The molecular weight excluding hydrogens is 252 g/mol. The molecule has 1 aromatic carbocycles. The minimum absolute atomic E-state index is 0.0697. The summed E-state index contributed by atoms with van der Waals surface area (Å²) in [5.41, 5.74) is 7.82. The Bertz CT molecular complexity index is 557. The van der Waals surface area contributed by atoms with Crippen molar-refractivity contribution in [2.45, 2.75) is 32.4 Å². The highest BCUT2D eigenvalue weighted by atomic mass is 16.5. The average molecular weight is 272 g/mol. The van der Waals surface area contributed by atoms with Crippen molar-refractivity contribution in [3.05, 3.63) is 34.9 Å². The maximum Gasteiger partial charge on any atom is 0.251 e. The van der Waals surface area contributed by atoms with Gasteiger partial charge in [0, 0.05) is 17.7 Å². The molecule has 1 saturated heterocycles. The Morgan fingerprint density at radius 3 is 2.95 bits per heavy atom. The fourth-order valence-electron chi connectivity index (χ4n) is 2.31. The number of benzene rings is 1. The minimum Gasteiger partial charge on any atom is -0.376 e. The Morgan fingerprint density at radius 1 is 1.50 bits per heavy atom. The molecule has 0 radical (unpaired) electrons. The lowest BCUT2D eigenvalue weighted by Crippen LogP contribution is -2.39. The van der Waals surface area contributed by atoms with Gasteiger partial charge in [-0.15, -0.1) is 0 Å². The van der Waals surface area contributed by atoms with Gasteiger partial charge in [0.1, 0.15) is 0 Å². The maximum atomic E-state index is 12.3. The van der Waals surface area contributed by atoms with Gasteiger partial charge in [-0.05, 0) is 44.0 Å². The fraction of sp³-hybridized carbons (Fsp3) is 0.438. The molecule has 2 rings (SSSR count). The third-order valence-corrected chi connectivity index (χ3v) is 3.37. The van der Waals surface area contributed by atoms with E-state index < -0.39 is 0 Å². The van der Waals surface area contributed by atoms with Crippen LogP contribution in [0.25, 0.3) is 0 Å². The molecule has 2 unspecified atom stereocenters. The molecule has 0 aliphatic carbocycles. The summed E-state index contributed by atoms with van der Waals surface area (Å²) in [6.07, 6.45) is 0.929. The number of hydrogen-bond acceptors (Lipinski definition) is 3. The van der Waals surface area contributed by atoms with Crippen LogP contribution < -0.4 is 11.1 Å². The van der Waals surface area contributed by atoms with Crippen LogP contribution >= 0.6 is 0 Å². The van der Waals surface area contributed by atoms with Crippen molar-refractivity contribution in [1.29, 1.82) is 0 Å². The van der Waals surface area contributed by atoms with Crippen LogP contribution in [0.15, 0.2) is 18.2 Å². The lowest BCUT2D eigenvalue weighted by Gasteiger charge is -2.16. The zero-order chi connectivity index (χ0) is 14.5. The van der Waals surface area contributed by atoms with E-state index in [-0.39, 0.29) is 18.1 Å². The molecule has 0 spiro atoms. The predicted octanol–water partition coefficient (Wildman–Crippen LogP) is 1.21. The van der Waals surface area contributed by atoms with Crippen LogP contribution in [0.2, 0.25) is 0 Å². The van der Waals surface area contributed by atoms with Crippen LogP contribution in [-0.2, 0) is 4.74 Å². The second-order valence-corrected chi connectivity index (χ2v) is 5.04. The molecule has 0 bridgehead atoms. The Balaban J connectivity index is 2.14. The van der Waals surface area contributed by atoms with Gasteiger partial charge in [-0.25, -0.2) is 0 Å². The molecule has 0 aromatic heterocycles. The SMILES string of the molecule is Cc1cc(C#CCN)cc(C(=O)NC2CCOC2C)c1. The summed E-state index contributed by atoms with van der Waals surface area (Å²) in [5.74, 6) is 5.69. The van der Waals surface area contributed by atoms with E-state index >= 15 is 0 Å². The van der Waals surface area contributed by atoms with E-state index in [9.17, 15) is 4.79 Å². The van der Waals surface area contributed by atoms with Crippen LogP contribution in [0.4, 0.5) is 0 Å². The Labute approximate surface area is 119 Å². The number of nitrogens with two attached hydrogens (primary N) is 1. The van der Waals surface area contributed by atoms with Gasteiger partial charge in [-0.2, -0.15) is 0 Å². The van der Waals surface area contributed by atoms with Gasteiger partial charge in [0.25, 0.3) is 5.91 Å². The van der Waals surface area contributed by atoms with Crippen molar-refractivity contribution in [2.24, 2.45) is 5.73 Å². The predicted molar refractivity (Wildman–Crippen MR) is 78.4 cm³/mol. The number of hydrogen-bond donors (Lipinski definition) is 2. The number of amides is 1. The first kappa shape index (κ1) is 14.6. The Kier molecular flexibility index (Phi) is 4.78. The van der Waals surface area contributed by atoms with Gasteiger partial charge in [0.2, 0.25) is 0 Å². The number of carbonyl (C=O) groups is 1.